The minimum Gasteiger partial charge on any atom is -0.311 e. The first kappa shape index (κ1) is 60.9. The van der Waals surface area contributed by atoms with E-state index in [1.807, 2.05) is 11.8 Å². The summed E-state index contributed by atoms with van der Waals surface area (Å²) in [5.41, 5.74) is 33.3. The molecule has 4 aliphatic rings. The third kappa shape index (κ3) is 10.1. The van der Waals surface area contributed by atoms with E-state index in [2.05, 4.69) is 419 Å². The largest absolute Gasteiger partial charge is 0.311 e. The molecule has 0 bridgehead atoms. The molecule has 20 rings (SSSR count). The number of para-hydroxylation sites is 9. The number of nitrogens with zero attached hydrogens (tertiary/aromatic N) is 5. The van der Waals surface area contributed by atoms with Crippen molar-refractivity contribution in [2.45, 2.75) is 9.79 Å². The molecule has 104 heavy (non-hydrogen) atoms. The molecule has 0 aliphatic carbocycles. The van der Waals surface area contributed by atoms with E-state index < -0.39 is 0 Å². The van der Waals surface area contributed by atoms with Gasteiger partial charge >= 0.3 is 0 Å². The summed E-state index contributed by atoms with van der Waals surface area (Å²) in [4.78, 5) is 15.2. The van der Waals surface area contributed by atoms with Crippen LogP contribution in [0.1, 0.15) is 0 Å². The van der Waals surface area contributed by atoms with E-state index in [4.69, 9.17) is 0 Å². The van der Waals surface area contributed by atoms with Crippen LogP contribution in [-0.4, -0.2) is 13.4 Å². The monoisotopic (exact) mass is 1340 g/mol. The van der Waals surface area contributed by atoms with Crippen LogP contribution in [0.3, 0.4) is 0 Å². The maximum absolute atomic E-state index is 2.66. The molecular formula is C96H65B2N5S. The molecule has 0 radical (unpaired) electrons. The van der Waals surface area contributed by atoms with E-state index >= 15 is 0 Å². The fourth-order valence-corrected chi connectivity index (χ4v) is 18.1. The van der Waals surface area contributed by atoms with Crippen molar-refractivity contribution in [2.75, 3.05) is 24.5 Å². The molecule has 4 heterocycles. The third-order valence-corrected chi connectivity index (χ3v) is 22.4. The molecule has 16 aromatic carbocycles. The molecule has 0 amide bonds. The first-order chi connectivity index (χ1) is 51.7. The van der Waals surface area contributed by atoms with Gasteiger partial charge in [-0.15, -0.1) is 0 Å². The smallest absolute Gasteiger partial charge is 0.252 e. The van der Waals surface area contributed by atoms with E-state index in [9.17, 15) is 0 Å². The fourth-order valence-electron chi connectivity index (χ4n) is 16.9. The van der Waals surface area contributed by atoms with Crippen LogP contribution in [0.15, 0.2) is 404 Å². The average Bonchev–Trinajstić information content (AvgIpc) is 0.688. The molecule has 0 saturated carbocycles. The lowest BCUT2D eigenvalue weighted by Crippen LogP contribution is -2.64. The highest BCUT2D eigenvalue weighted by Gasteiger charge is 2.48. The molecule has 0 N–H and O–H groups in total. The predicted molar refractivity (Wildman–Crippen MR) is 441 cm³/mol. The zero-order valence-corrected chi connectivity index (χ0v) is 57.6. The molecule has 16 aromatic rings. The molecule has 0 spiro atoms. The molecule has 0 aromatic heterocycles. The van der Waals surface area contributed by atoms with Crippen LogP contribution in [0.5, 0.6) is 0 Å². The molecule has 0 fully saturated rings. The van der Waals surface area contributed by atoms with Gasteiger partial charge in [0.15, 0.2) is 0 Å². The Hall–Kier alpha value is -13.0. The fraction of sp³-hybridized carbons (Fsp3) is 0. The van der Waals surface area contributed by atoms with Crippen LogP contribution in [0.25, 0.3) is 44.5 Å². The third-order valence-electron chi connectivity index (χ3n) is 21.2. The molecule has 0 saturated heterocycles. The first-order valence-electron chi connectivity index (χ1n) is 35.8. The van der Waals surface area contributed by atoms with Crippen LogP contribution in [0.2, 0.25) is 0 Å². The number of fused-ring (bicyclic) bond motifs is 8. The van der Waals surface area contributed by atoms with Crippen molar-refractivity contribution in [1.82, 2.24) is 0 Å². The summed E-state index contributed by atoms with van der Waals surface area (Å²) in [5.74, 6) is 0. The topological polar surface area (TPSA) is 16.2 Å². The standard InChI is InChI=1S/C96H65B2N5S/c1-8-34-66(35-9-1)75-48-22-28-54-83(75)99(70-42-16-5-17-43-70)73-60-90-95-91(61-73)103(86-57-31-25-51-78(86)69-40-14-4-15-41-69)89-65-93-82(64-81(89)97(95)79-52-26-32-58-87(79)101(90)72-46-20-7-21-47-72)98-80-53-27-33-59-88(80)102(85-56-30-24-50-77(85)68-38-12-3-13-39-68)92-62-74(63-94(104-93)96(92)98)100(71-44-18-6-19-45-71)84-55-29-23-49-76(84)67-36-10-2-11-37-67/h1-65H. The lowest BCUT2D eigenvalue weighted by Gasteiger charge is -2.46. The maximum atomic E-state index is 2.66. The number of hydrogen-bond acceptors (Lipinski definition) is 6. The highest BCUT2D eigenvalue weighted by atomic mass is 32.2. The molecule has 0 unspecified atom stereocenters. The Kier molecular flexibility index (Phi) is 15.0. The molecular weight excluding hydrogens is 1280 g/mol. The van der Waals surface area contributed by atoms with Crippen LogP contribution < -0.4 is 57.3 Å². The van der Waals surface area contributed by atoms with Crippen molar-refractivity contribution < 1.29 is 0 Å². The van der Waals surface area contributed by atoms with Crippen molar-refractivity contribution in [3.8, 4) is 44.5 Å². The van der Waals surface area contributed by atoms with E-state index in [0.717, 1.165) is 130 Å². The van der Waals surface area contributed by atoms with Crippen molar-refractivity contribution in [1.29, 1.82) is 0 Å². The normalized spacial score (nSPS) is 12.7. The highest BCUT2D eigenvalue weighted by Crippen LogP contribution is 2.54. The van der Waals surface area contributed by atoms with Gasteiger partial charge in [0.25, 0.3) is 6.71 Å². The number of benzene rings is 16. The number of hydrogen-bond donors (Lipinski definition) is 0. The van der Waals surface area contributed by atoms with Gasteiger partial charge in [0.05, 0.1) is 28.4 Å². The summed E-state index contributed by atoms with van der Waals surface area (Å²) in [6.07, 6.45) is 0. The Morgan fingerprint density at radius 3 is 1.05 bits per heavy atom. The summed E-state index contributed by atoms with van der Waals surface area (Å²) in [6, 6.07) is 146. The molecule has 8 heteroatoms. The van der Waals surface area contributed by atoms with E-state index in [1.165, 1.54) is 42.6 Å². The Bertz CT molecular complexity index is 5950. The van der Waals surface area contributed by atoms with Gasteiger partial charge < -0.3 is 24.5 Å². The van der Waals surface area contributed by atoms with E-state index in [1.54, 1.807) is 0 Å². The minimum absolute atomic E-state index is 0.161. The second kappa shape index (κ2) is 25.6. The quantitative estimate of drug-likeness (QED) is 0.106. The maximum Gasteiger partial charge on any atom is 0.252 e. The van der Waals surface area contributed by atoms with Crippen LogP contribution in [0, 0.1) is 0 Å². The van der Waals surface area contributed by atoms with Gasteiger partial charge in [-0.25, -0.2) is 0 Å². The predicted octanol–water partition coefficient (Wildman–Crippen LogP) is 22.1. The second-order valence-corrected chi connectivity index (χ2v) is 28.1. The van der Waals surface area contributed by atoms with Crippen molar-refractivity contribution in [3.05, 3.63) is 394 Å². The van der Waals surface area contributed by atoms with Gasteiger partial charge in [0, 0.05) is 88.9 Å². The van der Waals surface area contributed by atoms with E-state index in [-0.39, 0.29) is 13.4 Å². The summed E-state index contributed by atoms with van der Waals surface area (Å²) in [7, 11) is 0. The molecule has 0 atom stereocenters. The van der Waals surface area contributed by atoms with Crippen LogP contribution >= 0.6 is 11.8 Å². The Balaban J connectivity index is 0.885. The van der Waals surface area contributed by atoms with Crippen molar-refractivity contribution in [2.24, 2.45) is 0 Å². The van der Waals surface area contributed by atoms with Crippen molar-refractivity contribution in [3.63, 3.8) is 0 Å². The number of anilines is 15. The second-order valence-electron chi connectivity index (χ2n) is 27.0. The van der Waals surface area contributed by atoms with Crippen LogP contribution in [0.4, 0.5) is 85.3 Å². The lowest BCUT2D eigenvalue weighted by molar-refractivity contribution is 1.22. The van der Waals surface area contributed by atoms with Gasteiger partial charge in [-0.2, -0.15) is 0 Å². The SMILES string of the molecule is c1ccc(-c2ccccc2N(c2ccccc2)c2cc3c4c(c2)N(c2ccccc2-c2ccccc2)c2ccccc2B4c2cc4c(cc2S3)N(c2ccccc2-c2ccccc2)c2cc(N(c3ccccc3)c3ccccc3-c3ccccc3)cc3c2B4c2ccccc2N3c2ccccc2)cc1. The first-order valence-corrected chi connectivity index (χ1v) is 36.6. The zero-order chi connectivity index (χ0) is 68.6. The van der Waals surface area contributed by atoms with Crippen LogP contribution in [-0.2, 0) is 0 Å². The summed E-state index contributed by atoms with van der Waals surface area (Å²) >= 11 is 1.91. The Morgan fingerprint density at radius 1 is 0.212 bits per heavy atom. The average molecular weight is 1340 g/mol. The summed E-state index contributed by atoms with van der Waals surface area (Å²) < 4.78 is 0. The zero-order valence-electron chi connectivity index (χ0n) is 56.8. The molecule has 4 aliphatic heterocycles. The van der Waals surface area contributed by atoms with Crippen molar-refractivity contribution >= 4 is 143 Å². The number of rotatable bonds is 13. The van der Waals surface area contributed by atoms with Gasteiger partial charge in [0.1, 0.15) is 0 Å². The van der Waals surface area contributed by atoms with Gasteiger partial charge in [0.2, 0.25) is 6.71 Å². The molecule has 486 valence electrons. The Labute approximate surface area is 612 Å². The summed E-state index contributed by atoms with van der Waals surface area (Å²) in [5, 5.41) is 0. The summed E-state index contributed by atoms with van der Waals surface area (Å²) in [6.45, 7) is -0.358. The minimum atomic E-state index is -0.196. The van der Waals surface area contributed by atoms with Gasteiger partial charge in [-0.3, -0.25) is 0 Å². The van der Waals surface area contributed by atoms with E-state index in [0.29, 0.717) is 0 Å². The van der Waals surface area contributed by atoms with Gasteiger partial charge in [-0.05, 0) is 153 Å². The molecule has 5 nitrogen and oxygen atoms in total. The lowest BCUT2D eigenvalue weighted by atomic mass is 9.31. The Morgan fingerprint density at radius 2 is 0.558 bits per heavy atom. The highest BCUT2D eigenvalue weighted by molar-refractivity contribution is 8.00. The van der Waals surface area contributed by atoms with Gasteiger partial charge in [-0.1, -0.05) is 308 Å².